The zero-order valence-corrected chi connectivity index (χ0v) is 16.7. The maximum Gasteiger partial charge on any atom is 0.239 e. The van der Waals surface area contributed by atoms with Crippen LogP contribution in [0.5, 0.6) is 0 Å². The number of halogens is 1. The van der Waals surface area contributed by atoms with Gasteiger partial charge in [-0.15, -0.1) is 0 Å². The number of hydrogen-bond acceptors (Lipinski definition) is 4. The van der Waals surface area contributed by atoms with Gasteiger partial charge in [0.05, 0.1) is 19.3 Å². The topological polar surface area (TPSA) is 36.0 Å². The molecule has 3 fully saturated rings. The summed E-state index contributed by atoms with van der Waals surface area (Å²) in [5, 5.41) is 0. The molecule has 28 heavy (non-hydrogen) atoms. The van der Waals surface area contributed by atoms with Gasteiger partial charge in [-0.3, -0.25) is 14.6 Å². The largest absolute Gasteiger partial charge is 0.379 e. The number of nitrogens with zero attached hydrogens (tertiary/aromatic N) is 3. The lowest BCUT2D eigenvalue weighted by Crippen LogP contribution is -2.49. The van der Waals surface area contributed by atoms with Crippen molar-refractivity contribution in [2.45, 2.75) is 38.3 Å². The Hall–Kier alpha value is -1.50. The fourth-order valence-electron chi connectivity index (χ4n) is 4.84. The lowest BCUT2D eigenvalue weighted by molar-refractivity contribution is -0.137. The third kappa shape index (κ3) is 4.73. The molecule has 5 nitrogen and oxygen atoms in total. The molecule has 1 aromatic rings. The van der Waals surface area contributed by atoms with Gasteiger partial charge in [0, 0.05) is 44.8 Å². The molecule has 0 aromatic heterocycles. The molecule has 0 N–H and O–H groups in total. The van der Waals surface area contributed by atoms with Crippen LogP contribution in [0.3, 0.4) is 0 Å². The number of morpholine rings is 1. The first-order chi connectivity index (χ1) is 13.7. The minimum absolute atomic E-state index is 0.0876. The van der Waals surface area contributed by atoms with Crippen molar-refractivity contribution in [3.8, 4) is 0 Å². The molecule has 154 valence electrons. The van der Waals surface area contributed by atoms with Crippen LogP contribution in [0, 0.1) is 11.7 Å². The summed E-state index contributed by atoms with van der Waals surface area (Å²) >= 11 is 0. The molecule has 3 aliphatic heterocycles. The molecule has 3 aliphatic rings. The molecule has 0 bridgehead atoms. The summed E-state index contributed by atoms with van der Waals surface area (Å²) in [4.78, 5) is 19.9. The highest BCUT2D eigenvalue weighted by molar-refractivity contribution is 5.82. The van der Waals surface area contributed by atoms with Crippen molar-refractivity contribution >= 4 is 5.91 Å². The Morgan fingerprint density at radius 1 is 1.04 bits per heavy atom. The van der Waals surface area contributed by atoms with Crippen molar-refractivity contribution in [1.29, 1.82) is 0 Å². The predicted molar refractivity (Wildman–Crippen MR) is 106 cm³/mol. The van der Waals surface area contributed by atoms with Gasteiger partial charge in [-0.05, 0) is 44.2 Å². The standard InChI is InChI=1S/C22H32FN3O2/c23-20-5-2-1-4-19(20)17-26-9-3-6-21(26)22(27)25-10-7-18(8-11-25)16-24-12-14-28-15-13-24/h1-2,4-5,18,21H,3,6-17H2. The normalized spacial score (nSPS) is 25.3. The van der Waals surface area contributed by atoms with E-state index in [2.05, 4.69) is 14.7 Å². The van der Waals surface area contributed by atoms with Crippen molar-refractivity contribution in [3.63, 3.8) is 0 Å². The van der Waals surface area contributed by atoms with Crippen LogP contribution < -0.4 is 0 Å². The van der Waals surface area contributed by atoms with Gasteiger partial charge < -0.3 is 9.64 Å². The van der Waals surface area contributed by atoms with E-state index in [1.807, 2.05) is 12.1 Å². The Morgan fingerprint density at radius 3 is 2.54 bits per heavy atom. The fourth-order valence-corrected chi connectivity index (χ4v) is 4.84. The number of ether oxygens (including phenoxy) is 1. The summed E-state index contributed by atoms with van der Waals surface area (Å²) in [5.41, 5.74) is 0.686. The molecule has 0 radical (unpaired) electrons. The van der Waals surface area contributed by atoms with Gasteiger partial charge in [-0.1, -0.05) is 18.2 Å². The van der Waals surface area contributed by atoms with Crippen LogP contribution in [0.4, 0.5) is 4.39 Å². The molecule has 0 aliphatic carbocycles. The molecule has 6 heteroatoms. The number of likely N-dealkylation sites (tertiary alicyclic amines) is 2. The molecule has 0 saturated carbocycles. The number of hydrogen-bond donors (Lipinski definition) is 0. The van der Waals surface area contributed by atoms with E-state index in [-0.39, 0.29) is 17.8 Å². The summed E-state index contributed by atoms with van der Waals surface area (Å²) in [6, 6.07) is 6.82. The zero-order valence-electron chi connectivity index (χ0n) is 16.7. The monoisotopic (exact) mass is 389 g/mol. The van der Waals surface area contributed by atoms with E-state index < -0.39 is 0 Å². The van der Waals surface area contributed by atoms with Gasteiger partial charge in [0.2, 0.25) is 5.91 Å². The minimum Gasteiger partial charge on any atom is -0.379 e. The minimum atomic E-state index is -0.176. The predicted octanol–water partition coefficient (Wildman–Crippen LogP) is 2.36. The second kappa shape index (κ2) is 9.33. The zero-order chi connectivity index (χ0) is 19.3. The summed E-state index contributed by atoms with van der Waals surface area (Å²) in [6.45, 7) is 8.00. The first-order valence-corrected chi connectivity index (χ1v) is 10.8. The van der Waals surface area contributed by atoms with E-state index in [4.69, 9.17) is 4.74 Å². The van der Waals surface area contributed by atoms with Crippen LogP contribution in [-0.4, -0.2) is 79.1 Å². The lowest BCUT2D eigenvalue weighted by Gasteiger charge is -2.38. The maximum atomic E-state index is 14.0. The number of carbonyl (C=O) groups is 1. The Balaban J connectivity index is 1.28. The molecule has 3 saturated heterocycles. The highest BCUT2D eigenvalue weighted by atomic mass is 19.1. The van der Waals surface area contributed by atoms with E-state index in [0.29, 0.717) is 18.0 Å². The molecule has 0 spiro atoms. The van der Waals surface area contributed by atoms with Crippen LogP contribution in [0.25, 0.3) is 0 Å². The average Bonchev–Trinajstić information content (AvgIpc) is 3.19. The van der Waals surface area contributed by atoms with Crippen LogP contribution in [0.1, 0.15) is 31.2 Å². The molecule has 1 amide bonds. The van der Waals surface area contributed by atoms with Crippen LogP contribution in [0.2, 0.25) is 0 Å². The lowest BCUT2D eigenvalue weighted by atomic mass is 9.95. The molecular weight excluding hydrogens is 357 g/mol. The highest BCUT2D eigenvalue weighted by Gasteiger charge is 2.35. The van der Waals surface area contributed by atoms with E-state index >= 15 is 0 Å². The smallest absolute Gasteiger partial charge is 0.239 e. The first kappa shape index (κ1) is 19.8. The molecule has 4 rings (SSSR count). The van der Waals surface area contributed by atoms with Crippen LogP contribution >= 0.6 is 0 Å². The van der Waals surface area contributed by atoms with Gasteiger partial charge in [-0.25, -0.2) is 4.39 Å². The Kier molecular flexibility index (Phi) is 6.60. The first-order valence-electron chi connectivity index (χ1n) is 10.8. The molecule has 3 heterocycles. The number of piperidine rings is 1. The molecule has 1 aromatic carbocycles. The van der Waals surface area contributed by atoms with Gasteiger partial charge in [0.1, 0.15) is 5.82 Å². The Morgan fingerprint density at radius 2 is 1.79 bits per heavy atom. The number of amides is 1. The number of carbonyl (C=O) groups excluding carboxylic acids is 1. The number of rotatable bonds is 5. The highest BCUT2D eigenvalue weighted by Crippen LogP contribution is 2.26. The van der Waals surface area contributed by atoms with Crippen LogP contribution in [-0.2, 0) is 16.1 Å². The third-order valence-corrected chi connectivity index (χ3v) is 6.53. The third-order valence-electron chi connectivity index (χ3n) is 6.53. The summed E-state index contributed by atoms with van der Waals surface area (Å²) in [5.74, 6) is 0.753. The summed E-state index contributed by atoms with van der Waals surface area (Å²) < 4.78 is 19.5. The van der Waals surface area contributed by atoms with Gasteiger partial charge in [-0.2, -0.15) is 0 Å². The Labute approximate surface area is 167 Å². The fraction of sp³-hybridized carbons (Fsp3) is 0.682. The van der Waals surface area contributed by atoms with Crippen molar-refractivity contribution in [3.05, 3.63) is 35.6 Å². The van der Waals surface area contributed by atoms with Gasteiger partial charge >= 0.3 is 0 Å². The quantitative estimate of drug-likeness (QED) is 0.775. The van der Waals surface area contributed by atoms with E-state index in [0.717, 1.165) is 78.2 Å². The summed E-state index contributed by atoms with van der Waals surface area (Å²) in [7, 11) is 0. The van der Waals surface area contributed by atoms with E-state index in [1.54, 1.807) is 6.07 Å². The van der Waals surface area contributed by atoms with E-state index in [9.17, 15) is 9.18 Å². The van der Waals surface area contributed by atoms with Crippen molar-refractivity contribution in [2.75, 3.05) is 52.5 Å². The van der Waals surface area contributed by atoms with Crippen molar-refractivity contribution < 1.29 is 13.9 Å². The van der Waals surface area contributed by atoms with Crippen LogP contribution in [0.15, 0.2) is 24.3 Å². The van der Waals surface area contributed by atoms with Gasteiger partial charge in [0.25, 0.3) is 0 Å². The van der Waals surface area contributed by atoms with E-state index in [1.165, 1.54) is 6.07 Å². The number of benzene rings is 1. The summed E-state index contributed by atoms with van der Waals surface area (Å²) in [6.07, 6.45) is 4.08. The second-order valence-electron chi connectivity index (χ2n) is 8.40. The SMILES string of the molecule is O=C(C1CCCN1Cc1ccccc1F)N1CCC(CN2CCOCC2)CC1. The maximum absolute atomic E-state index is 14.0. The van der Waals surface area contributed by atoms with Crippen molar-refractivity contribution in [2.24, 2.45) is 5.92 Å². The molecule has 1 unspecified atom stereocenters. The second-order valence-corrected chi connectivity index (χ2v) is 8.40. The molecular formula is C22H32FN3O2. The average molecular weight is 390 g/mol. The van der Waals surface area contributed by atoms with Gasteiger partial charge in [0.15, 0.2) is 0 Å². The molecule has 1 atom stereocenters. The van der Waals surface area contributed by atoms with Crippen molar-refractivity contribution in [1.82, 2.24) is 14.7 Å². The Bertz CT molecular complexity index is 657.